The number of anilines is 1. The highest BCUT2D eigenvalue weighted by molar-refractivity contribution is 9.10. The van der Waals surface area contributed by atoms with Gasteiger partial charge in [-0.15, -0.1) is 0 Å². The average molecular weight is 349 g/mol. The van der Waals surface area contributed by atoms with E-state index in [0.29, 0.717) is 11.7 Å². The number of nitriles is 1. The third-order valence-corrected chi connectivity index (χ3v) is 3.98. The summed E-state index contributed by atoms with van der Waals surface area (Å²) in [6.07, 6.45) is 5.06. The number of halogens is 1. The normalized spacial score (nSPS) is 16.4. The minimum atomic E-state index is -0.214. The molecule has 2 heterocycles. The van der Waals surface area contributed by atoms with Crippen molar-refractivity contribution in [3.05, 3.63) is 34.6 Å². The molecule has 5 nitrogen and oxygen atoms in total. The Balaban J connectivity index is 2.01. The van der Waals surface area contributed by atoms with Crippen molar-refractivity contribution in [2.24, 2.45) is 5.92 Å². The fourth-order valence-corrected chi connectivity index (χ4v) is 2.37. The quantitative estimate of drug-likeness (QED) is 0.673. The Morgan fingerprint density at radius 1 is 1.52 bits per heavy atom. The van der Waals surface area contributed by atoms with Gasteiger partial charge in [0.2, 0.25) is 0 Å². The second-order valence-corrected chi connectivity index (χ2v) is 6.07. The van der Waals surface area contributed by atoms with Crippen LogP contribution in [0.5, 0.6) is 0 Å². The second-order valence-electron chi connectivity index (χ2n) is 5.15. The first-order valence-corrected chi connectivity index (χ1v) is 7.67. The molecule has 1 saturated heterocycles. The van der Waals surface area contributed by atoms with E-state index < -0.39 is 0 Å². The lowest BCUT2D eigenvalue weighted by molar-refractivity contribution is -0.128. The Hall–Kier alpha value is -1.87. The van der Waals surface area contributed by atoms with Crippen molar-refractivity contribution in [1.29, 1.82) is 5.26 Å². The van der Waals surface area contributed by atoms with Gasteiger partial charge in [-0.3, -0.25) is 4.79 Å². The highest BCUT2D eigenvalue weighted by Gasteiger charge is 2.22. The Labute approximate surface area is 132 Å². The van der Waals surface area contributed by atoms with Crippen molar-refractivity contribution in [2.75, 3.05) is 18.4 Å². The Kier molecular flexibility index (Phi) is 5.34. The van der Waals surface area contributed by atoms with Gasteiger partial charge in [-0.05, 0) is 46.8 Å². The summed E-state index contributed by atoms with van der Waals surface area (Å²) in [6, 6.07) is 5.57. The van der Waals surface area contributed by atoms with E-state index in [2.05, 4.69) is 33.2 Å². The van der Waals surface area contributed by atoms with E-state index in [9.17, 15) is 4.79 Å². The van der Waals surface area contributed by atoms with Crippen molar-refractivity contribution >= 4 is 27.7 Å². The fourth-order valence-electron chi connectivity index (χ4n) is 2.13. The zero-order valence-electron chi connectivity index (χ0n) is 11.8. The molecule has 1 aromatic rings. The largest absolute Gasteiger partial charge is 0.345 e. The highest BCUT2D eigenvalue weighted by atomic mass is 79.9. The number of amides is 1. The van der Waals surface area contributed by atoms with Crippen LogP contribution in [-0.4, -0.2) is 28.9 Å². The number of hydrogen-bond acceptors (Lipinski definition) is 4. The van der Waals surface area contributed by atoms with Crippen molar-refractivity contribution in [3.63, 3.8) is 0 Å². The number of carbonyl (C=O) groups is 1. The van der Waals surface area contributed by atoms with E-state index in [1.807, 2.05) is 12.1 Å². The van der Waals surface area contributed by atoms with E-state index in [1.54, 1.807) is 17.2 Å². The number of aromatic nitrogens is 1. The molecule has 0 saturated carbocycles. The molecular weight excluding hydrogens is 332 g/mol. The van der Waals surface area contributed by atoms with Gasteiger partial charge in [0.1, 0.15) is 17.5 Å². The van der Waals surface area contributed by atoms with E-state index in [-0.39, 0.29) is 11.5 Å². The molecule has 1 amide bonds. The summed E-state index contributed by atoms with van der Waals surface area (Å²) in [4.78, 5) is 18.1. The molecule has 1 aliphatic rings. The van der Waals surface area contributed by atoms with Gasteiger partial charge in [0.25, 0.3) is 5.91 Å². The molecule has 0 bridgehead atoms. The van der Waals surface area contributed by atoms with Crippen molar-refractivity contribution in [3.8, 4) is 6.07 Å². The van der Waals surface area contributed by atoms with Gasteiger partial charge in [0.05, 0.1) is 0 Å². The maximum absolute atomic E-state index is 12.3. The monoisotopic (exact) mass is 348 g/mol. The number of carbonyl (C=O) groups excluding carboxylic acids is 1. The van der Waals surface area contributed by atoms with Gasteiger partial charge >= 0.3 is 0 Å². The predicted octanol–water partition coefficient (Wildman–Crippen LogP) is 2.92. The Morgan fingerprint density at radius 2 is 2.24 bits per heavy atom. The first-order chi connectivity index (χ1) is 10.1. The maximum atomic E-state index is 12.3. The number of rotatable bonds is 3. The van der Waals surface area contributed by atoms with Crippen LogP contribution in [-0.2, 0) is 4.79 Å². The third kappa shape index (κ3) is 4.30. The summed E-state index contributed by atoms with van der Waals surface area (Å²) in [6.45, 7) is 3.62. The molecule has 0 spiro atoms. The smallest absolute Gasteiger partial charge is 0.266 e. The molecule has 21 heavy (non-hydrogen) atoms. The first kappa shape index (κ1) is 15.5. The van der Waals surface area contributed by atoms with E-state index in [1.165, 1.54) is 6.20 Å². The molecule has 110 valence electrons. The lowest BCUT2D eigenvalue weighted by atomic mass is 9.99. The zero-order chi connectivity index (χ0) is 15.2. The van der Waals surface area contributed by atoms with Crippen molar-refractivity contribution in [1.82, 2.24) is 9.88 Å². The summed E-state index contributed by atoms with van der Waals surface area (Å²) in [5.74, 6) is 1.02. The molecule has 0 unspecified atom stereocenters. The second kappa shape index (κ2) is 7.23. The van der Waals surface area contributed by atoms with Crippen LogP contribution in [0.4, 0.5) is 5.82 Å². The Morgan fingerprint density at radius 3 is 2.81 bits per heavy atom. The number of nitrogens with zero attached hydrogens (tertiary/aromatic N) is 3. The molecule has 1 N–H and O–H groups in total. The molecule has 0 atom stereocenters. The summed E-state index contributed by atoms with van der Waals surface area (Å²) >= 11 is 3.30. The summed E-state index contributed by atoms with van der Waals surface area (Å²) in [5, 5.41) is 12.1. The molecule has 0 aliphatic carbocycles. The van der Waals surface area contributed by atoms with Crippen LogP contribution in [0.2, 0.25) is 0 Å². The van der Waals surface area contributed by atoms with Gasteiger partial charge in [-0.1, -0.05) is 6.92 Å². The van der Waals surface area contributed by atoms with Crippen LogP contribution in [0.25, 0.3) is 0 Å². The molecule has 1 aromatic heterocycles. The summed E-state index contributed by atoms with van der Waals surface area (Å²) in [7, 11) is 0. The van der Waals surface area contributed by atoms with Gasteiger partial charge in [-0.2, -0.15) is 5.26 Å². The molecule has 0 aromatic carbocycles. The Bertz CT molecular complexity index is 568. The predicted molar refractivity (Wildman–Crippen MR) is 84.2 cm³/mol. The number of hydrogen-bond donors (Lipinski definition) is 1. The van der Waals surface area contributed by atoms with Crippen LogP contribution < -0.4 is 5.32 Å². The third-order valence-electron chi connectivity index (χ3n) is 3.51. The average Bonchev–Trinajstić information content (AvgIpc) is 2.50. The standard InChI is InChI=1S/C15H17BrN4O/c1-11-4-6-20(7-5-11)15(21)12(8-17)9-18-14-3-2-13(16)10-19-14/h2-3,9-11H,4-7H2,1H3,(H,18,19)/b12-9-. The highest BCUT2D eigenvalue weighted by Crippen LogP contribution is 2.18. The molecule has 6 heteroatoms. The number of piperidine rings is 1. The van der Waals surface area contributed by atoms with Crippen LogP contribution in [0.15, 0.2) is 34.6 Å². The SMILES string of the molecule is CC1CCN(C(=O)/C(C#N)=C\Nc2ccc(Br)cn2)CC1. The number of pyridine rings is 1. The maximum Gasteiger partial charge on any atom is 0.266 e. The first-order valence-electron chi connectivity index (χ1n) is 6.88. The molecular formula is C15H17BrN4O. The molecule has 1 fully saturated rings. The van der Waals surface area contributed by atoms with Gasteiger partial charge in [0, 0.05) is 30.0 Å². The minimum Gasteiger partial charge on any atom is -0.345 e. The number of likely N-dealkylation sites (tertiary alicyclic amines) is 1. The summed E-state index contributed by atoms with van der Waals surface area (Å²) < 4.78 is 0.871. The van der Waals surface area contributed by atoms with E-state index >= 15 is 0 Å². The van der Waals surface area contributed by atoms with Crippen molar-refractivity contribution < 1.29 is 4.79 Å². The van der Waals surface area contributed by atoms with E-state index in [0.717, 1.165) is 30.4 Å². The zero-order valence-corrected chi connectivity index (χ0v) is 13.4. The lowest BCUT2D eigenvalue weighted by Gasteiger charge is -2.30. The number of nitrogens with one attached hydrogen (secondary N) is 1. The molecule has 0 radical (unpaired) electrons. The summed E-state index contributed by atoms with van der Waals surface area (Å²) in [5.41, 5.74) is 0.106. The van der Waals surface area contributed by atoms with Crippen molar-refractivity contribution in [2.45, 2.75) is 19.8 Å². The van der Waals surface area contributed by atoms with Crippen LogP contribution >= 0.6 is 15.9 Å². The van der Waals surface area contributed by atoms with Gasteiger partial charge < -0.3 is 10.2 Å². The van der Waals surface area contributed by atoms with Crippen LogP contribution in [0.1, 0.15) is 19.8 Å². The van der Waals surface area contributed by atoms with Gasteiger partial charge in [-0.25, -0.2) is 4.98 Å². The van der Waals surface area contributed by atoms with Gasteiger partial charge in [0.15, 0.2) is 0 Å². The molecule has 2 rings (SSSR count). The van der Waals surface area contributed by atoms with Crippen LogP contribution in [0.3, 0.4) is 0 Å². The molecule has 1 aliphatic heterocycles. The minimum absolute atomic E-state index is 0.106. The topological polar surface area (TPSA) is 69.0 Å². The lowest BCUT2D eigenvalue weighted by Crippen LogP contribution is -2.38. The fraction of sp³-hybridized carbons (Fsp3) is 0.400. The van der Waals surface area contributed by atoms with E-state index in [4.69, 9.17) is 5.26 Å². The van der Waals surface area contributed by atoms with Crippen LogP contribution in [0, 0.1) is 17.2 Å².